The van der Waals surface area contributed by atoms with Crippen molar-refractivity contribution in [3.63, 3.8) is 0 Å². The van der Waals surface area contributed by atoms with Gasteiger partial charge in [0.25, 0.3) is 11.8 Å². The van der Waals surface area contributed by atoms with Crippen LogP contribution in [0.15, 0.2) is 78.4 Å². The van der Waals surface area contributed by atoms with Crippen LogP contribution in [0.2, 0.25) is 10.0 Å². The van der Waals surface area contributed by atoms with Crippen molar-refractivity contribution in [1.29, 1.82) is 0 Å². The van der Waals surface area contributed by atoms with E-state index in [-0.39, 0.29) is 17.9 Å². The molecule has 0 spiro atoms. The van der Waals surface area contributed by atoms with Crippen LogP contribution < -0.4 is 15.0 Å². The summed E-state index contributed by atoms with van der Waals surface area (Å²) >= 11 is 11.9. The van der Waals surface area contributed by atoms with E-state index in [1.165, 1.54) is 12.1 Å². The topological polar surface area (TPSA) is 75.7 Å². The van der Waals surface area contributed by atoms with Crippen LogP contribution in [-0.2, 0) is 16.2 Å². The molecule has 1 saturated heterocycles. The predicted octanol–water partition coefficient (Wildman–Crippen LogP) is 5.24. The fraction of sp³-hybridized carbons (Fsp3) is 0.0417. The molecule has 0 radical (unpaired) electrons. The van der Waals surface area contributed by atoms with Gasteiger partial charge in [0.2, 0.25) is 0 Å². The molecule has 0 aliphatic carbocycles. The van der Waals surface area contributed by atoms with Crippen LogP contribution in [0.5, 0.6) is 5.75 Å². The van der Waals surface area contributed by atoms with Gasteiger partial charge in [-0.25, -0.2) is 9.69 Å². The fourth-order valence-electron chi connectivity index (χ4n) is 3.14. The summed E-state index contributed by atoms with van der Waals surface area (Å²) in [4.78, 5) is 38.7. The zero-order valence-electron chi connectivity index (χ0n) is 16.5. The predicted molar refractivity (Wildman–Crippen MR) is 123 cm³/mol. The molecule has 0 aromatic heterocycles. The minimum atomic E-state index is -0.841. The van der Waals surface area contributed by atoms with Crippen molar-refractivity contribution in [3.8, 4) is 5.75 Å². The minimum absolute atomic E-state index is 0.202. The highest BCUT2D eigenvalue weighted by Gasteiger charge is 2.37. The lowest BCUT2D eigenvalue weighted by molar-refractivity contribution is -0.122. The Morgan fingerprint density at radius 1 is 0.875 bits per heavy atom. The van der Waals surface area contributed by atoms with Gasteiger partial charge in [-0.3, -0.25) is 14.9 Å². The van der Waals surface area contributed by atoms with E-state index in [4.69, 9.17) is 27.9 Å². The van der Waals surface area contributed by atoms with Crippen LogP contribution in [-0.4, -0.2) is 17.8 Å². The summed E-state index contributed by atoms with van der Waals surface area (Å²) in [6.45, 7) is 0.268. The molecule has 1 fully saturated rings. The Labute approximate surface area is 194 Å². The summed E-state index contributed by atoms with van der Waals surface area (Å²) in [6, 6.07) is 19.6. The lowest BCUT2D eigenvalue weighted by atomic mass is 10.1. The molecule has 1 N–H and O–H groups in total. The number of hydrogen-bond donors (Lipinski definition) is 1. The number of para-hydroxylation sites is 1. The number of rotatable bonds is 5. The molecule has 1 aliphatic rings. The van der Waals surface area contributed by atoms with E-state index < -0.39 is 17.8 Å². The molecule has 3 aromatic carbocycles. The molecule has 1 heterocycles. The SMILES string of the molecule is O=C1NC(=O)N(c2cccc(Cl)c2)C(=O)/C1=C/c1ccccc1OCc1ccc(Cl)cc1. The number of anilines is 1. The number of amides is 4. The monoisotopic (exact) mass is 466 g/mol. The Hall–Kier alpha value is -3.61. The Morgan fingerprint density at radius 3 is 2.38 bits per heavy atom. The van der Waals surface area contributed by atoms with Crippen LogP contribution in [0.3, 0.4) is 0 Å². The van der Waals surface area contributed by atoms with E-state index in [9.17, 15) is 14.4 Å². The van der Waals surface area contributed by atoms with Gasteiger partial charge in [0.05, 0.1) is 5.69 Å². The van der Waals surface area contributed by atoms with Crippen LogP contribution in [0.4, 0.5) is 10.5 Å². The van der Waals surface area contributed by atoms with Crippen LogP contribution >= 0.6 is 23.2 Å². The first-order chi connectivity index (χ1) is 15.4. The molecular weight excluding hydrogens is 451 g/mol. The standard InChI is InChI=1S/C24H16Cl2N2O4/c25-17-10-8-15(9-11-17)14-32-21-7-2-1-4-16(21)12-20-22(29)27-24(31)28(23(20)30)19-6-3-5-18(26)13-19/h1-13H,14H2,(H,27,29,31)/b20-12+. The Bertz CT molecular complexity index is 1240. The summed E-state index contributed by atoms with van der Waals surface area (Å²) in [7, 11) is 0. The van der Waals surface area contributed by atoms with Crippen molar-refractivity contribution in [1.82, 2.24) is 5.32 Å². The summed E-state index contributed by atoms with van der Waals surface area (Å²) in [5, 5.41) is 3.17. The van der Waals surface area contributed by atoms with Gasteiger partial charge in [-0.15, -0.1) is 0 Å². The molecular formula is C24H16Cl2N2O4. The average Bonchev–Trinajstić information content (AvgIpc) is 2.77. The lowest BCUT2D eigenvalue weighted by Gasteiger charge is -2.26. The average molecular weight is 467 g/mol. The van der Waals surface area contributed by atoms with Crippen molar-refractivity contribution in [2.75, 3.05) is 4.90 Å². The van der Waals surface area contributed by atoms with Gasteiger partial charge in [-0.2, -0.15) is 0 Å². The molecule has 32 heavy (non-hydrogen) atoms. The van der Waals surface area contributed by atoms with Crippen molar-refractivity contribution in [2.45, 2.75) is 6.61 Å². The molecule has 4 rings (SSSR count). The molecule has 3 aromatic rings. The number of urea groups is 1. The number of hydrogen-bond acceptors (Lipinski definition) is 4. The first-order valence-corrected chi connectivity index (χ1v) is 10.3. The van der Waals surface area contributed by atoms with Crippen molar-refractivity contribution < 1.29 is 19.1 Å². The van der Waals surface area contributed by atoms with Crippen molar-refractivity contribution in [3.05, 3.63) is 99.5 Å². The number of barbiturate groups is 1. The quantitative estimate of drug-likeness (QED) is 0.412. The fourth-order valence-corrected chi connectivity index (χ4v) is 3.45. The molecule has 0 saturated carbocycles. The lowest BCUT2D eigenvalue weighted by Crippen LogP contribution is -2.54. The smallest absolute Gasteiger partial charge is 0.335 e. The largest absolute Gasteiger partial charge is 0.488 e. The van der Waals surface area contributed by atoms with E-state index in [1.807, 2.05) is 12.1 Å². The molecule has 6 nitrogen and oxygen atoms in total. The number of ether oxygens (including phenoxy) is 1. The van der Waals surface area contributed by atoms with E-state index in [0.717, 1.165) is 10.5 Å². The zero-order valence-corrected chi connectivity index (χ0v) is 18.1. The second-order valence-corrected chi connectivity index (χ2v) is 7.76. The second kappa shape index (κ2) is 9.26. The summed E-state index contributed by atoms with van der Waals surface area (Å²) < 4.78 is 5.89. The van der Waals surface area contributed by atoms with Crippen LogP contribution in [0, 0.1) is 0 Å². The molecule has 8 heteroatoms. The summed E-state index contributed by atoms with van der Waals surface area (Å²) in [5.41, 5.74) is 1.47. The third-order valence-electron chi connectivity index (χ3n) is 4.69. The third-order valence-corrected chi connectivity index (χ3v) is 5.18. The molecule has 4 amide bonds. The Kier molecular flexibility index (Phi) is 6.25. The first-order valence-electron chi connectivity index (χ1n) is 9.55. The van der Waals surface area contributed by atoms with Gasteiger partial charge in [0.1, 0.15) is 17.9 Å². The Morgan fingerprint density at radius 2 is 1.62 bits per heavy atom. The van der Waals surface area contributed by atoms with Gasteiger partial charge >= 0.3 is 6.03 Å². The van der Waals surface area contributed by atoms with Crippen LogP contribution in [0.25, 0.3) is 6.08 Å². The van der Waals surface area contributed by atoms with E-state index in [1.54, 1.807) is 54.6 Å². The highest BCUT2D eigenvalue weighted by Crippen LogP contribution is 2.27. The second-order valence-electron chi connectivity index (χ2n) is 6.89. The van der Waals surface area contributed by atoms with Gasteiger partial charge in [0.15, 0.2) is 0 Å². The van der Waals surface area contributed by atoms with Crippen molar-refractivity contribution in [2.24, 2.45) is 0 Å². The van der Waals surface area contributed by atoms with Gasteiger partial charge < -0.3 is 4.74 Å². The van der Waals surface area contributed by atoms with Crippen LogP contribution in [0.1, 0.15) is 11.1 Å². The maximum Gasteiger partial charge on any atom is 0.335 e. The van der Waals surface area contributed by atoms with Gasteiger partial charge in [0, 0.05) is 15.6 Å². The first kappa shape index (κ1) is 21.6. The maximum atomic E-state index is 13.1. The number of carbonyl (C=O) groups excluding carboxylic acids is 3. The normalized spacial score (nSPS) is 15.1. The summed E-state index contributed by atoms with van der Waals surface area (Å²) in [5.74, 6) is -1.07. The number of benzene rings is 3. The molecule has 0 bridgehead atoms. The summed E-state index contributed by atoms with van der Waals surface area (Å²) in [6.07, 6.45) is 1.40. The molecule has 0 unspecified atom stereocenters. The van der Waals surface area contributed by atoms with E-state index in [0.29, 0.717) is 21.4 Å². The Balaban J connectivity index is 1.63. The number of carbonyl (C=O) groups is 3. The number of imide groups is 2. The minimum Gasteiger partial charge on any atom is -0.488 e. The highest BCUT2D eigenvalue weighted by molar-refractivity contribution is 6.39. The van der Waals surface area contributed by atoms with E-state index in [2.05, 4.69) is 5.32 Å². The maximum absolute atomic E-state index is 13.1. The zero-order chi connectivity index (χ0) is 22.7. The van der Waals surface area contributed by atoms with E-state index >= 15 is 0 Å². The van der Waals surface area contributed by atoms with Gasteiger partial charge in [-0.05, 0) is 48.0 Å². The van der Waals surface area contributed by atoms with Crippen molar-refractivity contribution >= 4 is 52.8 Å². The highest BCUT2D eigenvalue weighted by atomic mass is 35.5. The van der Waals surface area contributed by atoms with Gasteiger partial charge in [-0.1, -0.05) is 59.6 Å². The number of nitrogens with one attached hydrogen (secondary N) is 1. The molecule has 0 atom stereocenters. The third kappa shape index (κ3) is 4.66. The molecule has 160 valence electrons. The number of halogens is 2. The number of nitrogens with zero attached hydrogens (tertiary/aromatic N) is 1. The molecule has 1 aliphatic heterocycles.